The fourth-order valence-electron chi connectivity index (χ4n) is 10.1. The SMILES string of the molecule is COC(=O)[C@H](CC(=O)OC(C)(C)C)NC(=O)[C@H](Cc1ccccc1)NC(=O)C1(NC(=O)[C@H](CCCN=C(N)NS(=O)(=O)c2c(C)cc(OC)c(C)c2C)NC(=O)CNC(=O)OCC2c3ccccc3-c3ccccc32)CCCCC1. The number of nitrogens with zero attached hydrogens (tertiary/aromatic N) is 1. The number of amides is 5. The zero-order valence-electron chi connectivity index (χ0n) is 46.6. The number of guanidine groups is 1. The van der Waals surface area contributed by atoms with Crippen molar-refractivity contribution in [2.24, 2.45) is 10.7 Å². The van der Waals surface area contributed by atoms with Crippen LogP contribution in [-0.2, 0) is 59.4 Å². The quantitative estimate of drug-likeness (QED) is 0.0170. The van der Waals surface area contributed by atoms with Crippen molar-refractivity contribution in [3.63, 3.8) is 0 Å². The number of carbonyl (C=O) groups excluding carboxylic acids is 7. The number of aryl methyl sites for hydroxylation is 1. The van der Waals surface area contributed by atoms with Gasteiger partial charge in [-0.15, -0.1) is 0 Å². The number of fused-ring (bicyclic) bond motifs is 3. The van der Waals surface area contributed by atoms with Crippen molar-refractivity contribution in [3.05, 3.63) is 118 Å². The Hall–Kier alpha value is -8.01. The van der Waals surface area contributed by atoms with Crippen molar-refractivity contribution < 1.29 is 60.9 Å². The predicted octanol–water partition coefficient (Wildman–Crippen LogP) is 4.95. The first kappa shape index (κ1) is 61.2. The summed E-state index contributed by atoms with van der Waals surface area (Å²) < 4.78 is 50.8. The van der Waals surface area contributed by atoms with E-state index in [-0.39, 0.29) is 56.1 Å². The van der Waals surface area contributed by atoms with Crippen LogP contribution < -0.4 is 41.8 Å². The first-order valence-corrected chi connectivity index (χ1v) is 28.1. The fourth-order valence-corrected chi connectivity index (χ4v) is 11.6. The lowest BCUT2D eigenvalue weighted by molar-refractivity contribution is -0.159. The van der Waals surface area contributed by atoms with Gasteiger partial charge in [0.2, 0.25) is 29.6 Å². The van der Waals surface area contributed by atoms with Gasteiger partial charge < -0.3 is 51.3 Å². The van der Waals surface area contributed by atoms with Gasteiger partial charge in [0.15, 0.2) is 0 Å². The molecule has 4 aromatic carbocycles. The average Bonchev–Trinajstić information content (AvgIpc) is 3.77. The molecule has 0 saturated heterocycles. The molecule has 0 heterocycles. The van der Waals surface area contributed by atoms with Crippen molar-refractivity contribution in [1.29, 1.82) is 0 Å². The minimum atomic E-state index is -4.22. The number of esters is 2. The first-order chi connectivity index (χ1) is 37.9. The number of alkyl carbamates (subject to hydrolysis) is 1. The number of nitrogens with one attached hydrogen (secondary N) is 6. The highest BCUT2D eigenvalue weighted by Gasteiger charge is 2.44. The molecule has 0 aromatic heterocycles. The van der Waals surface area contributed by atoms with Crippen LogP contribution in [0.1, 0.15) is 111 Å². The molecule has 0 unspecified atom stereocenters. The fraction of sp³-hybridized carbons (Fsp3) is 0.448. The predicted molar refractivity (Wildman–Crippen MR) is 299 cm³/mol. The first-order valence-electron chi connectivity index (χ1n) is 26.6. The molecule has 2 aliphatic carbocycles. The molecule has 0 radical (unpaired) electrons. The molecule has 430 valence electrons. The minimum absolute atomic E-state index is 0.0105. The second-order valence-corrected chi connectivity index (χ2v) is 22.6. The topological polar surface area (TPSA) is 301 Å². The number of ether oxygens (including phenoxy) is 4. The number of hydrogen-bond acceptors (Lipinski definition) is 14. The van der Waals surface area contributed by atoms with Crippen LogP contribution in [0.25, 0.3) is 11.1 Å². The number of methoxy groups -OCH3 is 2. The number of rotatable bonds is 23. The van der Waals surface area contributed by atoms with Gasteiger partial charge in [0.05, 0.1) is 25.5 Å². The third kappa shape index (κ3) is 16.1. The molecule has 1 saturated carbocycles. The Morgan fingerprint density at radius 3 is 2.01 bits per heavy atom. The summed E-state index contributed by atoms with van der Waals surface area (Å²) in [4.78, 5) is 101. The van der Waals surface area contributed by atoms with Gasteiger partial charge in [0.25, 0.3) is 10.0 Å². The summed E-state index contributed by atoms with van der Waals surface area (Å²) in [5.74, 6) is -4.93. The second-order valence-electron chi connectivity index (χ2n) is 21.0. The largest absolute Gasteiger partial charge is 0.496 e. The van der Waals surface area contributed by atoms with Crippen molar-refractivity contribution in [3.8, 4) is 16.9 Å². The third-order valence-electron chi connectivity index (χ3n) is 14.0. The Labute approximate surface area is 467 Å². The van der Waals surface area contributed by atoms with E-state index in [4.69, 9.17) is 24.7 Å². The maximum atomic E-state index is 14.8. The van der Waals surface area contributed by atoms with E-state index in [0.717, 1.165) is 35.8 Å². The molecule has 21 nitrogen and oxygen atoms in total. The molecule has 8 N–H and O–H groups in total. The van der Waals surface area contributed by atoms with E-state index in [0.29, 0.717) is 40.8 Å². The normalized spacial score (nSPS) is 15.1. The van der Waals surface area contributed by atoms with E-state index in [1.165, 1.54) is 7.11 Å². The van der Waals surface area contributed by atoms with Gasteiger partial charge in [-0.3, -0.25) is 29.0 Å². The van der Waals surface area contributed by atoms with Gasteiger partial charge in [-0.25, -0.2) is 22.7 Å². The maximum absolute atomic E-state index is 14.8. The van der Waals surface area contributed by atoms with Crippen LogP contribution in [0.15, 0.2) is 94.8 Å². The standard InChI is InChI=1S/C58H74N8O13S/c1-35-30-47(76-7)36(2)37(3)50(35)80(74,75)66-55(59)60-29-19-26-44(62-48(67)33-61-56(73)78-34-43-41-24-15-13-22-39(41)40-23-14-16-25-42(40)43)52(70)65-58(27-17-10-18-28-58)54(72)64-45(31-38-20-11-9-12-21-38)51(69)63-46(53(71)77-8)32-49(68)79-57(4,5)6/h9,11-16,20-25,30,43-46H,10,17-19,26-29,31-34H2,1-8H3,(H,61,73)(H,62,67)(H,63,69)(H,64,72)(H,65,70)(H3,59,60,66)/t44-,45-,46-/m0/s1. The number of aliphatic imine (C=N–C) groups is 1. The Bertz CT molecular complexity index is 3020. The summed E-state index contributed by atoms with van der Waals surface area (Å²) in [6, 6.07) is 21.9. The highest BCUT2D eigenvalue weighted by Crippen LogP contribution is 2.44. The van der Waals surface area contributed by atoms with E-state index in [1.54, 1.807) is 77.9 Å². The van der Waals surface area contributed by atoms with Gasteiger partial charge in [0, 0.05) is 18.9 Å². The van der Waals surface area contributed by atoms with Crippen molar-refractivity contribution in [1.82, 2.24) is 31.3 Å². The van der Waals surface area contributed by atoms with Gasteiger partial charge >= 0.3 is 18.0 Å². The van der Waals surface area contributed by atoms with Gasteiger partial charge in [0.1, 0.15) is 48.2 Å². The van der Waals surface area contributed by atoms with Crippen molar-refractivity contribution in [2.45, 2.75) is 139 Å². The van der Waals surface area contributed by atoms with Crippen LogP contribution >= 0.6 is 0 Å². The van der Waals surface area contributed by atoms with Crippen LogP contribution in [0.5, 0.6) is 5.75 Å². The summed E-state index contributed by atoms with van der Waals surface area (Å²) in [6.07, 6.45) is 0.481. The lowest BCUT2D eigenvalue weighted by Gasteiger charge is -2.38. The Morgan fingerprint density at radius 2 is 1.40 bits per heavy atom. The van der Waals surface area contributed by atoms with Gasteiger partial charge in [-0.2, -0.15) is 0 Å². The summed E-state index contributed by atoms with van der Waals surface area (Å²) in [6.45, 7) is 9.24. The van der Waals surface area contributed by atoms with Gasteiger partial charge in [-0.1, -0.05) is 98.1 Å². The molecule has 0 spiro atoms. The molecular formula is C58H74N8O13S. The van der Waals surface area contributed by atoms with E-state index in [9.17, 15) is 42.0 Å². The molecule has 0 aliphatic heterocycles. The van der Waals surface area contributed by atoms with Gasteiger partial charge in [-0.05, 0) is 118 Å². The average molecular weight is 1120 g/mol. The molecule has 0 bridgehead atoms. The van der Waals surface area contributed by atoms with Crippen LogP contribution in [0.3, 0.4) is 0 Å². The Balaban J connectivity index is 1.19. The Kier molecular flexibility index (Phi) is 20.8. The van der Waals surface area contributed by atoms with E-state index in [1.807, 2.05) is 48.5 Å². The monoisotopic (exact) mass is 1120 g/mol. The third-order valence-corrected chi connectivity index (χ3v) is 15.7. The van der Waals surface area contributed by atoms with Crippen LogP contribution in [0, 0.1) is 20.8 Å². The molecular weight excluding hydrogens is 1050 g/mol. The number of nitrogens with two attached hydrogens (primary N) is 1. The molecule has 1 fully saturated rings. The summed E-state index contributed by atoms with van der Waals surface area (Å²) in [5, 5.41) is 13.4. The summed E-state index contributed by atoms with van der Waals surface area (Å²) in [7, 11) is -1.62. The number of sulfonamides is 1. The molecule has 2 aliphatic rings. The van der Waals surface area contributed by atoms with E-state index in [2.05, 4.69) is 36.3 Å². The molecule has 22 heteroatoms. The van der Waals surface area contributed by atoms with E-state index >= 15 is 0 Å². The molecule has 6 rings (SSSR count). The lowest BCUT2D eigenvalue weighted by Crippen LogP contribution is -2.65. The maximum Gasteiger partial charge on any atom is 0.407 e. The van der Waals surface area contributed by atoms with E-state index < -0.39 is 99.9 Å². The molecule has 3 atom stereocenters. The molecule has 4 aromatic rings. The minimum Gasteiger partial charge on any atom is -0.496 e. The number of hydrogen-bond donors (Lipinski definition) is 7. The number of carbonyl (C=O) groups is 7. The second kappa shape index (κ2) is 27.2. The van der Waals surface area contributed by atoms with Crippen LogP contribution in [0.4, 0.5) is 4.79 Å². The smallest absolute Gasteiger partial charge is 0.407 e. The molecule has 80 heavy (non-hydrogen) atoms. The lowest BCUT2D eigenvalue weighted by atomic mass is 9.80. The number of benzene rings is 4. The zero-order valence-corrected chi connectivity index (χ0v) is 47.4. The summed E-state index contributed by atoms with van der Waals surface area (Å²) >= 11 is 0. The highest BCUT2D eigenvalue weighted by atomic mass is 32.2. The van der Waals surface area contributed by atoms with Crippen LogP contribution in [-0.4, -0.2) is 119 Å². The Morgan fingerprint density at radius 1 is 0.775 bits per heavy atom. The summed E-state index contributed by atoms with van der Waals surface area (Å²) in [5.41, 5.74) is 9.83. The van der Waals surface area contributed by atoms with Crippen molar-refractivity contribution in [2.75, 3.05) is 33.9 Å². The molecule has 5 amide bonds. The van der Waals surface area contributed by atoms with Crippen molar-refractivity contribution >= 4 is 57.6 Å². The zero-order chi connectivity index (χ0) is 58.4. The highest BCUT2D eigenvalue weighted by molar-refractivity contribution is 7.90. The van der Waals surface area contributed by atoms with Crippen LogP contribution in [0.2, 0.25) is 0 Å².